The third kappa shape index (κ3) is 5.52. The first-order valence-corrected chi connectivity index (χ1v) is 8.49. The molecule has 2 N–H and O–H groups in total. The Morgan fingerprint density at radius 2 is 1.91 bits per heavy atom. The van der Waals surface area contributed by atoms with Crippen LogP contribution >= 0.6 is 11.6 Å². The third-order valence-corrected chi connectivity index (χ3v) is 4.29. The summed E-state index contributed by atoms with van der Waals surface area (Å²) < 4.78 is 0. The van der Waals surface area contributed by atoms with E-state index >= 15 is 0 Å². The summed E-state index contributed by atoms with van der Waals surface area (Å²) in [5.74, 6) is 0.559. The molecule has 0 atom stereocenters. The Labute approximate surface area is 142 Å². The molecule has 0 aromatic heterocycles. The maximum atomic E-state index is 12.1. The van der Waals surface area contributed by atoms with Crippen LogP contribution in [0.2, 0.25) is 5.02 Å². The van der Waals surface area contributed by atoms with Crippen LogP contribution in [0.5, 0.6) is 0 Å². The van der Waals surface area contributed by atoms with E-state index in [-0.39, 0.29) is 11.8 Å². The summed E-state index contributed by atoms with van der Waals surface area (Å²) in [6.07, 6.45) is 0.600. The summed E-state index contributed by atoms with van der Waals surface area (Å²) in [4.78, 5) is 27.3. The molecule has 0 spiro atoms. The Hall–Kier alpha value is -1.59. The van der Waals surface area contributed by atoms with Crippen molar-refractivity contribution in [2.45, 2.75) is 20.3 Å². The van der Waals surface area contributed by atoms with Crippen LogP contribution in [0.3, 0.4) is 0 Å². The van der Waals surface area contributed by atoms with E-state index in [4.69, 9.17) is 11.6 Å². The highest BCUT2D eigenvalue weighted by Crippen LogP contribution is 2.19. The van der Waals surface area contributed by atoms with Crippen LogP contribution in [0.15, 0.2) is 24.3 Å². The number of piperazine rings is 1. The molecule has 5 nitrogen and oxygen atoms in total. The molecule has 0 aliphatic carbocycles. The number of nitrogens with one attached hydrogen (secondary N) is 2. The number of hydrogen-bond donors (Lipinski definition) is 2. The van der Waals surface area contributed by atoms with Crippen LogP contribution in [0.1, 0.15) is 20.3 Å². The van der Waals surface area contributed by atoms with Gasteiger partial charge in [0.25, 0.3) is 5.91 Å². The van der Waals surface area contributed by atoms with E-state index in [0.717, 1.165) is 26.2 Å². The van der Waals surface area contributed by atoms with Crippen LogP contribution in [0.4, 0.5) is 5.69 Å². The fourth-order valence-corrected chi connectivity index (χ4v) is 2.89. The minimum atomic E-state index is -0.0462. The Morgan fingerprint density at radius 3 is 2.52 bits per heavy atom. The fraction of sp³-hybridized carbons (Fsp3) is 0.529. The zero-order valence-electron chi connectivity index (χ0n) is 13.8. The fourth-order valence-electron chi connectivity index (χ4n) is 2.71. The average Bonchev–Trinajstić information content (AvgIpc) is 2.49. The molecule has 0 bridgehead atoms. The molecule has 0 saturated carbocycles. The van der Waals surface area contributed by atoms with Crippen LogP contribution in [0, 0.1) is 5.92 Å². The predicted octanol–water partition coefficient (Wildman–Crippen LogP) is 1.05. The quantitative estimate of drug-likeness (QED) is 0.843. The van der Waals surface area contributed by atoms with Gasteiger partial charge < -0.3 is 15.1 Å². The lowest BCUT2D eigenvalue weighted by Gasteiger charge is -2.32. The maximum Gasteiger partial charge on any atom is 0.279 e. The van der Waals surface area contributed by atoms with Crippen molar-refractivity contribution in [3.05, 3.63) is 29.3 Å². The highest BCUT2D eigenvalue weighted by atomic mass is 35.5. The Balaban J connectivity index is 1.77. The largest absolute Gasteiger partial charge is 0.331 e. The first-order chi connectivity index (χ1) is 11.0. The van der Waals surface area contributed by atoms with Gasteiger partial charge in [0.2, 0.25) is 5.91 Å². The lowest BCUT2D eigenvalue weighted by atomic mass is 10.1. The summed E-state index contributed by atoms with van der Waals surface area (Å²) in [6, 6.07) is 7.21. The summed E-state index contributed by atoms with van der Waals surface area (Å²) in [5, 5.41) is 3.39. The molecule has 126 valence electrons. The van der Waals surface area contributed by atoms with E-state index in [9.17, 15) is 9.59 Å². The van der Waals surface area contributed by atoms with Crippen molar-refractivity contribution in [3.63, 3.8) is 0 Å². The normalized spacial score (nSPS) is 15.7. The minimum absolute atomic E-state index is 0.0462. The number of hydrogen-bond acceptors (Lipinski definition) is 2. The van der Waals surface area contributed by atoms with E-state index in [2.05, 4.69) is 19.2 Å². The van der Waals surface area contributed by atoms with Gasteiger partial charge in [-0.15, -0.1) is 0 Å². The number of nitrogens with zero attached hydrogens (tertiary/aromatic N) is 1. The van der Waals surface area contributed by atoms with E-state index in [1.807, 2.05) is 17.0 Å². The van der Waals surface area contributed by atoms with Gasteiger partial charge in [0.1, 0.15) is 0 Å². The van der Waals surface area contributed by atoms with Crippen molar-refractivity contribution in [1.29, 1.82) is 0 Å². The SMILES string of the molecule is CC(C)CC(=O)N1CC[NH+](CC(=O)Nc2ccccc2Cl)CC1. The van der Waals surface area contributed by atoms with E-state index in [0.29, 0.717) is 29.6 Å². The van der Waals surface area contributed by atoms with Crippen molar-refractivity contribution in [1.82, 2.24) is 4.90 Å². The van der Waals surface area contributed by atoms with Crippen molar-refractivity contribution in [3.8, 4) is 0 Å². The topological polar surface area (TPSA) is 53.9 Å². The number of amides is 2. The van der Waals surface area contributed by atoms with E-state index in [1.165, 1.54) is 4.90 Å². The number of para-hydroxylation sites is 1. The number of quaternary nitrogens is 1. The van der Waals surface area contributed by atoms with Crippen molar-refractivity contribution in [2.24, 2.45) is 5.92 Å². The molecule has 23 heavy (non-hydrogen) atoms. The smallest absolute Gasteiger partial charge is 0.279 e. The van der Waals surface area contributed by atoms with Crippen LogP contribution < -0.4 is 10.2 Å². The standard InChI is InChI=1S/C17H24ClN3O2/c1-13(2)11-17(23)21-9-7-20(8-10-21)12-16(22)19-15-6-4-3-5-14(15)18/h3-6,13H,7-12H2,1-2H3,(H,19,22)/p+1. The lowest BCUT2D eigenvalue weighted by Crippen LogP contribution is -3.15. The van der Waals surface area contributed by atoms with Gasteiger partial charge in [0, 0.05) is 6.42 Å². The molecule has 0 unspecified atom stereocenters. The van der Waals surface area contributed by atoms with Crippen LogP contribution in [-0.4, -0.2) is 49.4 Å². The molecule has 1 fully saturated rings. The number of halogens is 1. The minimum Gasteiger partial charge on any atom is -0.331 e. The third-order valence-electron chi connectivity index (χ3n) is 3.96. The van der Waals surface area contributed by atoms with Gasteiger partial charge >= 0.3 is 0 Å². The number of benzene rings is 1. The number of carbonyl (C=O) groups is 2. The summed E-state index contributed by atoms with van der Waals surface area (Å²) in [5.41, 5.74) is 0.643. The van der Waals surface area contributed by atoms with E-state index < -0.39 is 0 Å². The number of carbonyl (C=O) groups excluding carboxylic acids is 2. The van der Waals surface area contributed by atoms with Crippen molar-refractivity contribution < 1.29 is 14.5 Å². The van der Waals surface area contributed by atoms with Crippen molar-refractivity contribution >= 4 is 29.1 Å². The van der Waals surface area contributed by atoms with Crippen LogP contribution in [0.25, 0.3) is 0 Å². The second-order valence-electron chi connectivity index (χ2n) is 6.43. The molecule has 1 heterocycles. The molecule has 1 aromatic rings. The number of rotatable bonds is 5. The maximum absolute atomic E-state index is 12.1. The number of anilines is 1. The van der Waals surface area contributed by atoms with Gasteiger partial charge in [-0.3, -0.25) is 9.59 Å². The lowest BCUT2D eigenvalue weighted by molar-refractivity contribution is -0.895. The average molecular weight is 339 g/mol. The molecule has 0 radical (unpaired) electrons. The van der Waals surface area contributed by atoms with Gasteiger partial charge in [-0.1, -0.05) is 37.6 Å². The van der Waals surface area contributed by atoms with Gasteiger partial charge in [-0.25, -0.2) is 0 Å². The molecule has 2 rings (SSSR count). The molecule has 1 aliphatic heterocycles. The van der Waals surface area contributed by atoms with Gasteiger partial charge in [0.05, 0.1) is 36.9 Å². The molecular weight excluding hydrogens is 314 g/mol. The molecule has 1 aromatic carbocycles. The van der Waals surface area contributed by atoms with E-state index in [1.54, 1.807) is 12.1 Å². The molecular formula is C17H25ClN3O2+. The monoisotopic (exact) mass is 338 g/mol. The highest BCUT2D eigenvalue weighted by Gasteiger charge is 2.25. The highest BCUT2D eigenvalue weighted by molar-refractivity contribution is 6.33. The Bertz CT molecular complexity index is 555. The van der Waals surface area contributed by atoms with Gasteiger partial charge in [0.15, 0.2) is 6.54 Å². The molecule has 1 saturated heterocycles. The zero-order chi connectivity index (χ0) is 16.8. The summed E-state index contributed by atoms with van der Waals surface area (Å²) in [7, 11) is 0. The Morgan fingerprint density at radius 1 is 1.26 bits per heavy atom. The second kappa shape index (κ2) is 8.31. The first kappa shape index (κ1) is 17.8. The Kier molecular flexibility index (Phi) is 6.42. The van der Waals surface area contributed by atoms with Gasteiger partial charge in [-0.05, 0) is 18.1 Å². The summed E-state index contributed by atoms with van der Waals surface area (Å²) >= 11 is 6.04. The summed E-state index contributed by atoms with van der Waals surface area (Å²) in [6.45, 7) is 7.56. The predicted molar refractivity (Wildman–Crippen MR) is 91.7 cm³/mol. The van der Waals surface area contributed by atoms with Gasteiger partial charge in [-0.2, -0.15) is 0 Å². The van der Waals surface area contributed by atoms with Crippen molar-refractivity contribution in [2.75, 3.05) is 38.0 Å². The van der Waals surface area contributed by atoms with Crippen LogP contribution in [-0.2, 0) is 9.59 Å². The zero-order valence-corrected chi connectivity index (χ0v) is 14.5. The molecule has 2 amide bonds. The first-order valence-electron chi connectivity index (χ1n) is 8.11. The second-order valence-corrected chi connectivity index (χ2v) is 6.84. The molecule has 6 heteroatoms. The molecule has 1 aliphatic rings.